The molecule has 0 saturated carbocycles. The zero-order valence-corrected chi connectivity index (χ0v) is 13.3. The SMILES string of the molecule is O=c1cc(CN2CCCCCC2)c2c(ccc3ccccc32)o1. The van der Waals surface area contributed by atoms with Crippen LogP contribution >= 0.6 is 0 Å². The zero-order valence-electron chi connectivity index (χ0n) is 13.3. The molecule has 0 spiro atoms. The lowest BCUT2D eigenvalue weighted by molar-refractivity contribution is 0.277. The quantitative estimate of drug-likeness (QED) is 0.522. The van der Waals surface area contributed by atoms with Gasteiger partial charge in [0, 0.05) is 18.0 Å². The molecule has 4 rings (SSSR count). The molecule has 0 atom stereocenters. The third-order valence-corrected chi connectivity index (χ3v) is 4.81. The van der Waals surface area contributed by atoms with E-state index in [1.807, 2.05) is 24.3 Å². The van der Waals surface area contributed by atoms with Gasteiger partial charge in [0.1, 0.15) is 5.58 Å². The zero-order chi connectivity index (χ0) is 15.6. The maximum Gasteiger partial charge on any atom is 0.336 e. The van der Waals surface area contributed by atoms with Crippen LogP contribution in [-0.2, 0) is 6.54 Å². The highest BCUT2D eigenvalue weighted by molar-refractivity contribution is 6.07. The van der Waals surface area contributed by atoms with Crippen LogP contribution in [0.4, 0.5) is 0 Å². The van der Waals surface area contributed by atoms with E-state index < -0.39 is 0 Å². The van der Waals surface area contributed by atoms with E-state index in [1.165, 1.54) is 36.5 Å². The molecule has 23 heavy (non-hydrogen) atoms. The molecule has 0 bridgehead atoms. The van der Waals surface area contributed by atoms with Crippen LogP contribution in [0, 0.1) is 0 Å². The molecule has 3 heteroatoms. The minimum absolute atomic E-state index is 0.252. The Hall–Kier alpha value is -2.13. The maximum atomic E-state index is 12.0. The van der Waals surface area contributed by atoms with Crippen LogP contribution in [0.2, 0.25) is 0 Å². The van der Waals surface area contributed by atoms with E-state index in [2.05, 4.69) is 17.0 Å². The largest absolute Gasteiger partial charge is 0.423 e. The average molecular weight is 307 g/mol. The Bertz CT molecular complexity index is 889. The van der Waals surface area contributed by atoms with Gasteiger partial charge >= 0.3 is 5.63 Å². The Labute approximate surface area is 135 Å². The van der Waals surface area contributed by atoms with Crippen LogP contribution in [0.5, 0.6) is 0 Å². The van der Waals surface area contributed by atoms with Crippen molar-refractivity contribution in [3.8, 4) is 0 Å². The number of likely N-dealkylation sites (tertiary alicyclic amines) is 1. The summed E-state index contributed by atoms with van der Waals surface area (Å²) in [5.41, 5.74) is 1.54. The van der Waals surface area contributed by atoms with Crippen molar-refractivity contribution >= 4 is 21.7 Å². The van der Waals surface area contributed by atoms with Gasteiger partial charge in [-0.25, -0.2) is 4.79 Å². The highest BCUT2D eigenvalue weighted by Gasteiger charge is 2.14. The maximum absolute atomic E-state index is 12.0. The van der Waals surface area contributed by atoms with E-state index in [0.29, 0.717) is 5.58 Å². The number of hydrogen-bond acceptors (Lipinski definition) is 3. The van der Waals surface area contributed by atoms with E-state index in [-0.39, 0.29) is 5.63 Å². The lowest BCUT2D eigenvalue weighted by Crippen LogP contribution is -2.24. The first-order chi connectivity index (χ1) is 11.3. The summed E-state index contributed by atoms with van der Waals surface area (Å²) in [6.45, 7) is 3.06. The smallest absolute Gasteiger partial charge is 0.336 e. The second-order valence-corrected chi connectivity index (χ2v) is 6.44. The summed E-state index contributed by atoms with van der Waals surface area (Å²) in [5.74, 6) is 0. The Morgan fingerprint density at radius 2 is 1.74 bits per heavy atom. The molecule has 0 amide bonds. The monoisotopic (exact) mass is 307 g/mol. The minimum atomic E-state index is -0.252. The lowest BCUT2D eigenvalue weighted by atomic mass is 10.0. The molecule has 0 radical (unpaired) electrons. The summed E-state index contributed by atoms with van der Waals surface area (Å²) in [5, 5.41) is 3.44. The molecule has 0 unspecified atom stereocenters. The Morgan fingerprint density at radius 3 is 2.57 bits per heavy atom. The van der Waals surface area contributed by atoms with E-state index in [1.54, 1.807) is 6.07 Å². The predicted molar refractivity (Wildman–Crippen MR) is 93.7 cm³/mol. The first-order valence-corrected chi connectivity index (χ1v) is 8.48. The van der Waals surface area contributed by atoms with E-state index >= 15 is 0 Å². The van der Waals surface area contributed by atoms with Crippen LogP contribution in [0.15, 0.2) is 51.7 Å². The summed E-state index contributed by atoms with van der Waals surface area (Å²) in [6.07, 6.45) is 5.13. The summed E-state index contributed by atoms with van der Waals surface area (Å²) in [6, 6.07) is 13.9. The van der Waals surface area contributed by atoms with Gasteiger partial charge in [-0.2, -0.15) is 0 Å². The van der Waals surface area contributed by atoms with Crippen LogP contribution in [-0.4, -0.2) is 18.0 Å². The molecular formula is C20H21NO2. The van der Waals surface area contributed by atoms with Crippen LogP contribution in [0.3, 0.4) is 0 Å². The average Bonchev–Trinajstić information content (AvgIpc) is 2.83. The van der Waals surface area contributed by atoms with Crippen LogP contribution in [0.25, 0.3) is 21.7 Å². The van der Waals surface area contributed by atoms with Crippen LogP contribution in [0.1, 0.15) is 31.2 Å². The highest BCUT2D eigenvalue weighted by Crippen LogP contribution is 2.28. The summed E-state index contributed by atoms with van der Waals surface area (Å²) < 4.78 is 5.45. The van der Waals surface area contributed by atoms with Crippen molar-refractivity contribution in [2.24, 2.45) is 0 Å². The molecule has 0 aliphatic carbocycles. The second-order valence-electron chi connectivity index (χ2n) is 6.44. The summed E-state index contributed by atoms with van der Waals surface area (Å²) in [4.78, 5) is 14.4. The Morgan fingerprint density at radius 1 is 0.957 bits per heavy atom. The predicted octanol–water partition coefficient (Wildman–Crippen LogP) is 4.32. The Kier molecular flexibility index (Phi) is 3.88. The normalized spacial score (nSPS) is 16.7. The van der Waals surface area contributed by atoms with Gasteiger partial charge < -0.3 is 4.42 Å². The number of benzene rings is 2. The summed E-state index contributed by atoms with van der Waals surface area (Å²) >= 11 is 0. The number of nitrogens with zero attached hydrogens (tertiary/aromatic N) is 1. The van der Waals surface area contributed by atoms with Crippen molar-refractivity contribution in [1.29, 1.82) is 0 Å². The van der Waals surface area contributed by atoms with E-state index in [4.69, 9.17) is 4.42 Å². The topological polar surface area (TPSA) is 33.5 Å². The fourth-order valence-corrected chi connectivity index (χ4v) is 3.68. The minimum Gasteiger partial charge on any atom is -0.423 e. The molecule has 0 N–H and O–H groups in total. The van der Waals surface area contributed by atoms with Crippen LogP contribution < -0.4 is 5.63 Å². The molecule has 1 aliphatic heterocycles. The van der Waals surface area contributed by atoms with Gasteiger partial charge in [0.2, 0.25) is 0 Å². The van der Waals surface area contributed by atoms with Gasteiger partial charge in [-0.05, 0) is 48.3 Å². The van der Waals surface area contributed by atoms with Crippen molar-refractivity contribution in [3.63, 3.8) is 0 Å². The number of rotatable bonds is 2. The first kappa shape index (κ1) is 14.5. The fraction of sp³-hybridized carbons (Fsp3) is 0.350. The molecular weight excluding hydrogens is 286 g/mol. The van der Waals surface area contributed by atoms with Crippen molar-refractivity contribution in [2.75, 3.05) is 13.1 Å². The van der Waals surface area contributed by atoms with Gasteiger partial charge in [-0.3, -0.25) is 4.90 Å². The van der Waals surface area contributed by atoms with Crippen molar-refractivity contribution in [2.45, 2.75) is 32.2 Å². The number of fused-ring (bicyclic) bond motifs is 3. The first-order valence-electron chi connectivity index (χ1n) is 8.48. The van der Waals surface area contributed by atoms with Gasteiger partial charge in [0.25, 0.3) is 0 Å². The summed E-state index contributed by atoms with van der Waals surface area (Å²) in [7, 11) is 0. The van der Waals surface area contributed by atoms with E-state index in [0.717, 1.165) is 30.6 Å². The van der Waals surface area contributed by atoms with Gasteiger partial charge in [0.15, 0.2) is 0 Å². The van der Waals surface area contributed by atoms with Crippen molar-refractivity contribution < 1.29 is 4.42 Å². The molecule has 118 valence electrons. The van der Waals surface area contributed by atoms with Crippen molar-refractivity contribution in [1.82, 2.24) is 4.90 Å². The van der Waals surface area contributed by atoms with Gasteiger partial charge in [-0.1, -0.05) is 43.2 Å². The molecule has 2 heterocycles. The number of hydrogen-bond donors (Lipinski definition) is 0. The molecule has 2 aromatic carbocycles. The molecule has 3 aromatic rings. The molecule has 3 nitrogen and oxygen atoms in total. The fourth-order valence-electron chi connectivity index (χ4n) is 3.68. The van der Waals surface area contributed by atoms with Gasteiger partial charge in [0.05, 0.1) is 0 Å². The van der Waals surface area contributed by atoms with Crippen molar-refractivity contribution in [3.05, 3.63) is 58.4 Å². The second kappa shape index (κ2) is 6.17. The molecule has 1 aliphatic rings. The molecule has 1 saturated heterocycles. The molecule has 1 fully saturated rings. The Balaban J connectivity index is 1.86. The third kappa shape index (κ3) is 2.89. The van der Waals surface area contributed by atoms with Gasteiger partial charge in [-0.15, -0.1) is 0 Å². The van der Waals surface area contributed by atoms with E-state index in [9.17, 15) is 4.79 Å². The lowest BCUT2D eigenvalue weighted by Gasteiger charge is -2.20. The molecule has 1 aromatic heterocycles. The third-order valence-electron chi connectivity index (χ3n) is 4.81. The standard InChI is InChI=1S/C20H21NO2/c22-19-13-16(14-21-11-5-1-2-6-12-21)20-17-8-4-3-7-15(17)9-10-18(20)23-19/h3-4,7-10,13H,1-2,5-6,11-12,14H2. The highest BCUT2D eigenvalue weighted by atomic mass is 16.4.